The number of anilines is 1. The van der Waals surface area contributed by atoms with Gasteiger partial charge < -0.3 is 14.2 Å². The second kappa shape index (κ2) is 11.6. The molecule has 0 N–H and O–H groups in total. The molecule has 10 heteroatoms. The van der Waals surface area contributed by atoms with Gasteiger partial charge in [0.2, 0.25) is 10.9 Å². The summed E-state index contributed by atoms with van der Waals surface area (Å²) in [6.07, 6.45) is 4.60. The summed E-state index contributed by atoms with van der Waals surface area (Å²) in [6, 6.07) is 16.5. The second-order valence-corrected chi connectivity index (χ2v) is 9.65. The maximum Gasteiger partial charge on any atom is 0.273 e. The number of halogens is 2. The molecule has 0 fully saturated rings. The minimum Gasteiger partial charge on any atom is -0.493 e. The number of hydrazone groups is 1. The average molecular weight is 587 g/mol. The van der Waals surface area contributed by atoms with Crippen LogP contribution >= 0.6 is 38.9 Å². The number of ether oxygens (including phenoxy) is 3. The van der Waals surface area contributed by atoms with E-state index in [0.717, 1.165) is 14.7 Å². The van der Waals surface area contributed by atoms with Crippen LogP contribution in [-0.2, 0) is 4.79 Å². The molecule has 1 amide bonds. The van der Waals surface area contributed by atoms with Crippen LogP contribution in [0.1, 0.15) is 11.1 Å². The number of nitrogens with zero attached hydrogens (tertiary/aromatic N) is 3. The predicted octanol–water partition coefficient (Wildman–Crippen LogP) is 6.82. The highest BCUT2D eigenvalue weighted by Crippen LogP contribution is 2.38. The van der Waals surface area contributed by atoms with Crippen molar-refractivity contribution in [2.45, 2.75) is 0 Å². The molecular formula is C26H21BrClN3O4S. The molecule has 1 heterocycles. The zero-order valence-electron chi connectivity index (χ0n) is 19.6. The molecule has 0 atom stereocenters. The lowest BCUT2D eigenvalue weighted by molar-refractivity contribution is -0.114. The molecule has 0 aliphatic carbocycles. The third-order valence-electron chi connectivity index (χ3n) is 5.05. The molecule has 0 bridgehead atoms. The van der Waals surface area contributed by atoms with E-state index in [1.54, 1.807) is 24.3 Å². The van der Waals surface area contributed by atoms with Gasteiger partial charge in [0.1, 0.15) is 0 Å². The van der Waals surface area contributed by atoms with E-state index in [9.17, 15) is 4.79 Å². The molecule has 0 aliphatic heterocycles. The first-order valence-corrected chi connectivity index (χ1v) is 12.6. The summed E-state index contributed by atoms with van der Waals surface area (Å²) < 4.78 is 18.1. The fourth-order valence-electron chi connectivity index (χ4n) is 3.32. The van der Waals surface area contributed by atoms with Crippen LogP contribution in [0.15, 0.2) is 70.2 Å². The lowest BCUT2D eigenvalue weighted by atomic mass is 10.2. The van der Waals surface area contributed by atoms with Crippen LogP contribution in [0.4, 0.5) is 5.13 Å². The third kappa shape index (κ3) is 5.70. The van der Waals surface area contributed by atoms with Gasteiger partial charge in [-0.3, -0.25) is 4.79 Å². The molecular weight excluding hydrogens is 566 g/mol. The van der Waals surface area contributed by atoms with Gasteiger partial charge in [-0.2, -0.15) is 10.1 Å². The predicted molar refractivity (Wildman–Crippen MR) is 149 cm³/mol. The largest absolute Gasteiger partial charge is 0.493 e. The first-order valence-electron chi connectivity index (χ1n) is 10.6. The Balaban J connectivity index is 1.74. The molecule has 4 rings (SSSR count). The Morgan fingerprint density at radius 2 is 1.78 bits per heavy atom. The van der Waals surface area contributed by atoms with Gasteiger partial charge >= 0.3 is 0 Å². The Labute approximate surface area is 225 Å². The Hall–Kier alpha value is -3.40. The number of benzene rings is 3. The van der Waals surface area contributed by atoms with Crippen molar-refractivity contribution in [1.82, 2.24) is 4.98 Å². The molecule has 0 saturated carbocycles. The summed E-state index contributed by atoms with van der Waals surface area (Å²) >= 11 is 11.1. The summed E-state index contributed by atoms with van der Waals surface area (Å²) in [5, 5.41) is 6.68. The number of carbonyl (C=O) groups excluding carboxylic acids is 1. The molecule has 1 aromatic heterocycles. The zero-order valence-corrected chi connectivity index (χ0v) is 22.7. The van der Waals surface area contributed by atoms with E-state index >= 15 is 0 Å². The van der Waals surface area contributed by atoms with Gasteiger partial charge in [-0.25, -0.2) is 4.98 Å². The maximum atomic E-state index is 13.3. The third-order valence-corrected chi connectivity index (χ3v) is 6.88. The van der Waals surface area contributed by atoms with E-state index in [1.165, 1.54) is 50.0 Å². The van der Waals surface area contributed by atoms with Crippen molar-refractivity contribution in [3.8, 4) is 17.2 Å². The maximum absolute atomic E-state index is 13.3. The lowest BCUT2D eigenvalue weighted by Crippen LogP contribution is -2.23. The van der Waals surface area contributed by atoms with Crippen molar-refractivity contribution in [3.05, 3.63) is 81.3 Å². The minimum atomic E-state index is -0.392. The molecule has 36 heavy (non-hydrogen) atoms. The van der Waals surface area contributed by atoms with Crippen LogP contribution in [-0.4, -0.2) is 38.4 Å². The van der Waals surface area contributed by atoms with Crippen molar-refractivity contribution in [2.75, 3.05) is 26.3 Å². The van der Waals surface area contributed by atoms with Crippen molar-refractivity contribution < 1.29 is 19.0 Å². The van der Waals surface area contributed by atoms with Gasteiger partial charge in [-0.1, -0.05) is 57.1 Å². The van der Waals surface area contributed by atoms with E-state index in [-0.39, 0.29) is 0 Å². The van der Waals surface area contributed by atoms with Crippen LogP contribution in [0.5, 0.6) is 17.2 Å². The summed E-state index contributed by atoms with van der Waals surface area (Å²) in [5.74, 6) is 1.01. The summed E-state index contributed by atoms with van der Waals surface area (Å²) in [5.41, 5.74) is 2.12. The molecule has 0 unspecified atom stereocenters. The molecule has 7 nitrogen and oxygen atoms in total. The van der Waals surface area contributed by atoms with E-state index in [4.69, 9.17) is 25.8 Å². The van der Waals surface area contributed by atoms with E-state index < -0.39 is 5.91 Å². The van der Waals surface area contributed by atoms with E-state index in [2.05, 4.69) is 26.0 Å². The molecule has 4 aromatic rings. The van der Waals surface area contributed by atoms with Crippen molar-refractivity contribution in [1.29, 1.82) is 0 Å². The van der Waals surface area contributed by atoms with Crippen molar-refractivity contribution in [2.24, 2.45) is 5.10 Å². The van der Waals surface area contributed by atoms with Crippen LogP contribution in [0.3, 0.4) is 0 Å². The smallest absolute Gasteiger partial charge is 0.273 e. The van der Waals surface area contributed by atoms with Crippen molar-refractivity contribution >= 4 is 72.4 Å². The summed E-state index contributed by atoms with van der Waals surface area (Å²) in [6.45, 7) is 0. The first kappa shape index (κ1) is 25.7. The fourth-order valence-corrected chi connectivity index (χ4v) is 5.00. The molecule has 184 valence electrons. The number of carbonyl (C=O) groups is 1. The number of amides is 1. The highest BCUT2D eigenvalue weighted by Gasteiger charge is 2.18. The number of rotatable bonds is 8. The van der Waals surface area contributed by atoms with E-state index in [0.29, 0.717) is 38.5 Å². The van der Waals surface area contributed by atoms with Gasteiger partial charge in [0.15, 0.2) is 11.5 Å². The molecule has 0 spiro atoms. The quantitative estimate of drug-likeness (QED) is 0.129. The normalized spacial score (nSPS) is 11.4. The van der Waals surface area contributed by atoms with Crippen molar-refractivity contribution in [3.63, 3.8) is 0 Å². The Kier molecular flexibility index (Phi) is 8.25. The minimum absolute atomic E-state index is 0.392. The number of methoxy groups -OCH3 is 3. The van der Waals surface area contributed by atoms with Gasteiger partial charge in [-0.15, -0.1) is 0 Å². The summed E-state index contributed by atoms with van der Waals surface area (Å²) in [4.78, 5) is 17.9. The number of thiazole rings is 1. The topological polar surface area (TPSA) is 73.2 Å². The first-order chi connectivity index (χ1) is 17.4. The SMILES string of the molecule is COc1cc(/C=N/N(C(=O)/C=C/c2ccccc2Cl)c2nc3ccc(Br)cc3s2)cc(OC)c1OC. The molecule has 0 saturated heterocycles. The molecule has 0 radical (unpaired) electrons. The molecule has 3 aromatic carbocycles. The molecule has 0 aliphatic rings. The van der Waals surface area contributed by atoms with Crippen LogP contribution in [0, 0.1) is 0 Å². The second-order valence-electron chi connectivity index (χ2n) is 7.32. The summed E-state index contributed by atoms with van der Waals surface area (Å²) in [7, 11) is 4.60. The number of hydrogen-bond donors (Lipinski definition) is 0. The van der Waals surface area contributed by atoms with Crippen LogP contribution in [0.2, 0.25) is 5.02 Å². The van der Waals surface area contributed by atoms with Gasteiger partial charge in [0.25, 0.3) is 5.91 Å². The van der Waals surface area contributed by atoms with Gasteiger partial charge in [0.05, 0.1) is 37.8 Å². The Morgan fingerprint density at radius 1 is 1.06 bits per heavy atom. The zero-order chi connectivity index (χ0) is 25.7. The average Bonchev–Trinajstić information content (AvgIpc) is 3.30. The Morgan fingerprint density at radius 3 is 2.44 bits per heavy atom. The lowest BCUT2D eigenvalue weighted by Gasteiger charge is -2.14. The van der Waals surface area contributed by atoms with Crippen LogP contribution < -0.4 is 19.2 Å². The number of fused-ring (bicyclic) bond motifs is 1. The Bertz CT molecular complexity index is 1450. The van der Waals surface area contributed by atoms with E-state index in [1.807, 2.05) is 36.4 Å². The van der Waals surface area contributed by atoms with Crippen LogP contribution in [0.25, 0.3) is 16.3 Å². The standard InChI is InChI=1S/C26H21BrClN3O4S/c1-33-21-12-16(13-22(34-2)25(21)35-3)15-29-31(24(32)11-8-17-6-4-5-7-19(17)28)26-30-20-10-9-18(27)14-23(20)36-26/h4-15H,1-3H3/b11-8+,29-15+. The number of aromatic nitrogens is 1. The number of hydrogen-bond acceptors (Lipinski definition) is 7. The monoisotopic (exact) mass is 585 g/mol. The highest BCUT2D eigenvalue weighted by molar-refractivity contribution is 9.10. The van der Waals surface area contributed by atoms with Gasteiger partial charge in [-0.05, 0) is 48.0 Å². The fraction of sp³-hybridized carbons (Fsp3) is 0.115. The highest BCUT2D eigenvalue weighted by atomic mass is 79.9. The van der Waals surface area contributed by atoms with Gasteiger partial charge in [0, 0.05) is 21.1 Å².